The third kappa shape index (κ3) is 4.91. The molecule has 0 fully saturated rings. The molecule has 6 nitrogen and oxygen atoms in total. The third-order valence-electron chi connectivity index (χ3n) is 5.17. The van der Waals surface area contributed by atoms with Gasteiger partial charge < -0.3 is 4.74 Å². The van der Waals surface area contributed by atoms with Crippen LogP contribution >= 0.6 is 11.3 Å². The van der Waals surface area contributed by atoms with Crippen molar-refractivity contribution in [1.29, 1.82) is 0 Å². The highest BCUT2D eigenvalue weighted by Crippen LogP contribution is 2.38. The van der Waals surface area contributed by atoms with Gasteiger partial charge in [-0.2, -0.15) is 13.2 Å². The molecule has 0 aliphatic heterocycles. The van der Waals surface area contributed by atoms with Gasteiger partial charge in [0.25, 0.3) is 6.43 Å². The highest BCUT2D eigenvalue weighted by atomic mass is 32.1. The minimum Gasteiger partial charge on any atom is -0.361 e. The molecule has 0 N–H and O–H groups in total. The number of pyridine rings is 1. The van der Waals surface area contributed by atoms with Gasteiger partial charge in [0.15, 0.2) is 5.65 Å². The number of aromatic nitrogens is 4. The molecule has 4 aromatic rings. The molecular formula is C21H21F5N4O2SSi. The van der Waals surface area contributed by atoms with E-state index in [4.69, 9.17) is 4.74 Å². The number of benzene rings is 1. The summed E-state index contributed by atoms with van der Waals surface area (Å²) in [5, 5.41) is 3.61. The monoisotopic (exact) mass is 516 g/mol. The summed E-state index contributed by atoms with van der Waals surface area (Å²) in [5.41, 5.74) is -1.03. The molecule has 34 heavy (non-hydrogen) atoms. The van der Waals surface area contributed by atoms with Crippen molar-refractivity contribution in [3.8, 4) is 11.3 Å². The number of thiazole rings is 1. The topological polar surface area (TPSA) is 61.4 Å². The number of alkyl halides is 5. The molecule has 3 heterocycles. The zero-order chi connectivity index (χ0) is 24.8. The Kier molecular flexibility index (Phi) is 6.38. The highest BCUT2D eigenvalue weighted by Gasteiger charge is 2.36. The van der Waals surface area contributed by atoms with Crippen molar-refractivity contribution in [2.75, 3.05) is 6.61 Å². The third-order valence-corrected chi connectivity index (χ3v) is 7.82. The van der Waals surface area contributed by atoms with Crippen molar-refractivity contribution < 1.29 is 26.7 Å². The van der Waals surface area contributed by atoms with Gasteiger partial charge in [0.05, 0.1) is 21.5 Å². The van der Waals surface area contributed by atoms with E-state index in [1.165, 1.54) is 22.8 Å². The van der Waals surface area contributed by atoms with Crippen LogP contribution in [0.15, 0.2) is 35.1 Å². The molecule has 0 spiro atoms. The van der Waals surface area contributed by atoms with Crippen molar-refractivity contribution in [1.82, 2.24) is 19.2 Å². The number of fused-ring (bicyclic) bond motifs is 2. The van der Waals surface area contributed by atoms with Crippen molar-refractivity contribution in [3.05, 3.63) is 51.4 Å². The van der Waals surface area contributed by atoms with E-state index in [2.05, 4.69) is 29.7 Å². The number of nitrogens with zero attached hydrogens (tertiary/aromatic N) is 4. The lowest BCUT2D eigenvalue weighted by Crippen LogP contribution is -2.23. The van der Waals surface area contributed by atoms with E-state index in [0.29, 0.717) is 16.8 Å². The minimum atomic E-state index is -4.77. The summed E-state index contributed by atoms with van der Waals surface area (Å²) < 4.78 is 75.9. The summed E-state index contributed by atoms with van der Waals surface area (Å²) in [6, 6.07) is 7.06. The Bertz CT molecular complexity index is 1400. The molecule has 0 aliphatic carbocycles. The van der Waals surface area contributed by atoms with Gasteiger partial charge in [0.1, 0.15) is 6.73 Å². The molecule has 0 amide bonds. The molecule has 0 unspecified atom stereocenters. The normalized spacial score (nSPS) is 13.0. The van der Waals surface area contributed by atoms with Crippen LogP contribution in [-0.4, -0.2) is 33.8 Å². The van der Waals surface area contributed by atoms with Crippen molar-refractivity contribution in [2.24, 2.45) is 0 Å². The maximum Gasteiger partial charge on any atom is 0.418 e. The van der Waals surface area contributed by atoms with Crippen molar-refractivity contribution in [2.45, 2.75) is 45.0 Å². The summed E-state index contributed by atoms with van der Waals surface area (Å²) in [5.74, 6) is -0.868. The molecule has 0 radical (unpaired) electrons. The van der Waals surface area contributed by atoms with Gasteiger partial charge in [-0.1, -0.05) is 37.0 Å². The molecule has 13 heteroatoms. The van der Waals surface area contributed by atoms with E-state index < -0.39 is 37.8 Å². The van der Waals surface area contributed by atoms with Crippen LogP contribution in [0.5, 0.6) is 0 Å². The summed E-state index contributed by atoms with van der Waals surface area (Å²) in [6.07, 6.45) is -7.80. The lowest BCUT2D eigenvalue weighted by Gasteiger charge is -2.15. The van der Waals surface area contributed by atoms with Gasteiger partial charge in [0.2, 0.25) is 5.82 Å². The predicted molar refractivity (Wildman–Crippen MR) is 122 cm³/mol. The van der Waals surface area contributed by atoms with Crippen LogP contribution in [0.3, 0.4) is 0 Å². The number of ether oxygens (including phenoxy) is 1. The second-order valence-corrected chi connectivity index (χ2v) is 15.6. The molecule has 0 aliphatic rings. The zero-order valence-corrected chi connectivity index (χ0v) is 20.3. The molecule has 0 saturated heterocycles. The standard InChI is InChI=1S/C21H21F5N4O2SSi/c1-34(2,3)9-8-32-11-29-14-6-4-12(10-15(14)33-20(29)31)17-13(21(24,25)26)5-7-16-27-19(18(22)23)28-30(16)17/h4-7,10,18H,8-9,11H2,1-3H3. The second kappa shape index (κ2) is 8.85. The van der Waals surface area contributed by atoms with Crippen LogP contribution in [0, 0.1) is 0 Å². The number of hydrogen-bond donors (Lipinski definition) is 0. The Balaban J connectivity index is 1.78. The van der Waals surface area contributed by atoms with E-state index in [9.17, 15) is 26.7 Å². The van der Waals surface area contributed by atoms with Gasteiger partial charge in [-0.25, -0.2) is 18.3 Å². The highest BCUT2D eigenvalue weighted by molar-refractivity contribution is 7.16. The Labute approximate surface area is 195 Å². The average molecular weight is 517 g/mol. The molecule has 3 aromatic heterocycles. The molecule has 4 rings (SSSR count). The molecule has 0 bridgehead atoms. The first kappa shape index (κ1) is 24.5. The SMILES string of the molecule is C[Si](C)(C)CCOCn1c(=O)sc2cc(-c3c(C(F)(F)F)ccc4nc(C(F)F)nn34)ccc21. The van der Waals surface area contributed by atoms with Crippen LogP contribution in [0.4, 0.5) is 22.0 Å². The lowest BCUT2D eigenvalue weighted by molar-refractivity contribution is -0.137. The molecule has 1 aromatic carbocycles. The van der Waals surface area contributed by atoms with Crippen LogP contribution in [0.1, 0.15) is 17.8 Å². The number of hydrogen-bond acceptors (Lipinski definition) is 5. The van der Waals surface area contributed by atoms with Crippen LogP contribution in [0.2, 0.25) is 25.7 Å². The van der Waals surface area contributed by atoms with Gasteiger partial charge in [-0.05, 0) is 30.3 Å². The van der Waals surface area contributed by atoms with E-state index >= 15 is 0 Å². The number of rotatable bonds is 7. The van der Waals surface area contributed by atoms with E-state index in [0.717, 1.165) is 34.0 Å². The maximum atomic E-state index is 13.8. The van der Waals surface area contributed by atoms with Crippen LogP contribution in [-0.2, 0) is 17.6 Å². The van der Waals surface area contributed by atoms with Gasteiger partial charge in [-0.3, -0.25) is 9.36 Å². The zero-order valence-electron chi connectivity index (χ0n) is 18.5. The van der Waals surface area contributed by atoms with E-state index in [1.807, 2.05) is 0 Å². The Hall–Kier alpha value is -2.64. The summed E-state index contributed by atoms with van der Waals surface area (Å²) in [6.45, 7) is 7.16. The minimum absolute atomic E-state index is 0.0346. The molecule has 0 saturated carbocycles. The maximum absolute atomic E-state index is 13.8. The average Bonchev–Trinajstić information content (AvgIpc) is 3.29. The first-order chi connectivity index (χ1) is 15.8. The Morgan fingerprint density at radius 3 is 2.53 bits per heavy atom. The largest absolute Gasteiger partial charge is 0.418 e. The fourth-order valence-corrected chi connectivity index (χ4v) is 5.11. The summed E-state index contributed by atoms with van der Waals surface area (Å²) in [7, 11) is -1.30. The van der Waals surface area contributed by atoms with Crippen molar-refractivity contribution >= 4 is 35.3 Å². The Morgan fingerprint density at radius 2 is 1.88 bits per heavy atom. The van der Waals surface area contributed by atoms with Crippen molar-refractivity contribution in [3.63, 3.8) is 0 Å². The first-order valence-corrected chi connectivity index (χ1v) is 14.8. The molecule has 0 atom stereocenters. The first-order valence-electron chi connectivity index (χ1n) is 10.3. The van der Waals surface area contributed by atoms with E-state index in [1.54, 1.807) is 0 Å². The second-order valence-electron chi connectivity index (χ2n) is 8.96. The van der Waals surface area contributed by atoms with E-state index in [-0.39, 0.29) is 22.8 Å². The quantitative estimate of drug-likeness (QED) is 0.171. The fourth-order valence-electron chi connectivity index (χ4n) is 3.43. The molecule has 182 valence electrons. The van der Waals surface area contributed by atoms with Gasteiger partial charge in [-0.15, -0.1) is 5.10 Å². The smallest absolute Gasteiger partial charge is 0.361 e. The Morgan fingerprint density at radius 1 is 1.15 bits per heavy atom. The number of halogens is 5. The predicted octanol–water partition coefficient (Wildman–Crippen LogP) is 6.04. The van der Waals surface area contributed by atoms with Gasteiger partial charge >= 0.3 is 11.0 Å². The fraction of sp³-hybridized carbons (Fsp3) is 0.381. The van der Waals surface area contributed by atoms with Crippen LogP contribution in [0.25, 0.3) is 27.1 Å². The van der Waals surface area contributed by atoms with Crippen LogP contribution < -0.4 is 4.87 Å². The summed E-state index contributed by atoms with van der Waals surface area (Å²) >= 11 is 0.870. The van der Waals surface area contributed by atoms with Gasteiger partial charge in [0, 0.05) is 20.2 Å². The summed E-state index contributed by atoms with van der Waals surface area (Å²) in [4.78, 5) is 15.8. The molecular weight excluding hydrogens is 495 g/mol. The lowest BCUT2D eigenvalue weighted by atomic mass is 10.0.